The quantitative estimate of drug-likeness (QED) is 0.180. The Morgan fingerprint density at radius 3 is 0.816 bits per heavy atom. The number of benzene rings is 4. The lowest BCUT2D eigenvalue weighted by Crippen LogP contribution is -2.37. The van der Waals surface area contributed by atoms with Crippen molar-refractivity contribution in [3.8, 4) is 0 Å². The molecule has 0 fully saturated rings. The van der Waals surface area contributed by atoms with Crippen molar-refractivity contribution in [1.29, 1.82) is 0 Å². The minimum Gasteiger partial charge on any atom is -0.0672 e. The zero-order chi connectivity index (χ0) is 36.2. The lowest BCUT2D eigenvalue weighted by Gasteiger charge is -2.37. The Labute approximate surface area is 300 Å². The molecule has 0 nitrogen and oxygen atoms in total. The molecule has 4 aromatic rings. The summed E-state index contributed by atoms with van der Waals surface area (Å²) in [7, 11) is -2.44. The van der Waals surface area contributed by atoms with Crippen LogP contribution in [0.2, 0.25) is 12.1 Å². The highest BCUT2D eigenvalue weighted by atomic mass is 28.3. The second-order valence-electron chi connectivity index (χ2n) is 18.5. The van der Waals surface area contributed by atoms with Gasteiger partial charge in [-0.3, -0.25) is 0 Å². The minimum atomic E-state index is -2.44. The van der Waals surface area contributed by atoms with Gasteiger partial charge in [0.2, 0.25) is 0 Å². The topological polar surface area (TPSA) is 0 Å². The fourth-order valence-electron chi connectivity index (χ4n) is 8.55. The number of rotatable bonds is 6. The van der Waals surface area contributed by atoms with Crippen molar-refractivity contribution < 1.29 is 0 Å². The van der Waals surface area contributed by atoms with Crippen LogP contribution in [0.1, 0.15) is 141 Å². The molecule has 0 N–H and O–H groups in total. The summed E-state index contributed by atoms with van der Waals surface area (Å²) in [5.41, 5.74) is 14.3. The Balaban J connectivity index is 2.18. The summed E-state index contributed by atoms with van der Waals surface area (Å²) >= 11 is 0. The Kier molecular flexibility index (Phi) is 9.80. The van der Waals surface area contributed by atoms with Gasteiger partial charge in [0, 0.05) is 0 Å². The molecule has 1 heteroatoms. The molecule has 0 atom stereocenters. The monoisotopic (exact) mass is 666 g/mol. The van der Waals surface area contributed by atoms with E-state index < -0.39 is 8.07 Å². The molecule has 1 aliphatic rings. The van der Waals surface area contributed by atoms with Crippen LogP contribution in [0.5, 0.6) is 0 Å². The van der Waals surface area contributed by atoms with Crippen molar-refractivity contribution in [3.63, 3.8) is 0 Å². The van der Waals surface area contributed by atoms with Crippen molar-refractivity contribution in [2.24, 2.45) is 0 Å². The highest BCUT2D eigenvalue weighted by molar-refractivity contribution is 7.14. The van der Waals surface area contributed by atoms with E-state index in [-0.39, 0.29) is 21.7 Å². The summed E-state index contributed by atoms with van der Waals surface area (Å²) < 4.78 is 0. The first-order chi connectivity index (χ1) is 22.8. The van der Waals surface area contributed by atoms with Gasteiger partial charge in [-0.25, -0.2) is 0 Å². The maximum atomic E-state index is 2.50. The van der Waals surface area contributed by atoms with Crippen LogP contribution < -0.4 is 0 Å². The zero-order valence-corrected chi connectivity index (χ0v) is 34.2. The van der Waals surface area contributed by atoms with Gasteiger partial charge in [-0.1, -0.05) is 206 Å². The summed E-state index contributed by atoms with van der Waals surface area (Å²) in [6.45, 7) is 33.7. The molecule has 258 valence electrons. The SMILES string of the molecule is CC[Si]1(CC)C(c2ccccc2C(C)(C)C)=C(c2ccccc2C(C)(C)C)C(c2ccccc2C(C)(C)C)=C1c1ccccc1C(C)(C)C. The molecule has 49 heavy (non-hydrogen) atoms. The van der Waals surface area contributed by atoms with E-state index in [0.717, 1.165) is 12.1 Å². The van der Waals surface area contributed by atoms with E-state index in [1.165, 1.54) is 55.7 Å². The lowest BCUT2D eigenvalue weighted by molar-refractivity contribution is 0.587. The van der Waals surface area contributed by atoms with Gasteiger partial charge in [-0.2, -0.15) is 0 Å². The van der Waals surface area contributed by atoms with E-state index >= 15 is 0 Å². The summed E-state index contributed by atoms with van der Waals surface area (Å²) in [6.07, 6.45) is 0. The minimum absolute atomic E-state index is 0.00454. The van der Waals surface area contributed by atoms with Gasteiger partial charge in [0.15, 0.2) is 0 Å². The Bertz CT molecular complexity index is 1760. The summed E-state index contributed by atoms with van der Waals surface area (Å²) in [4.78, 5) is 0. The highest BCUT2D eigenvalue weighted by Gasteiger charge is 2.50. The lowest BCUT2D eigenvalue weighted by atomic mass is 9.74. The van der Waals surface area contributed by atoms with Crippen molar-refractivity contribution >= 4 is 29.6 Å². The van der Waals surface area contributed by atoms with Crippen LogP contribution in [-0.4, -0.2) is 8.07 Å². The number of hydrogen-bond donors (Lipinski definition) is 0. The van der Waals surface area contributed by atoms with E-state index in [2.05, 4.69) is 194 Å². The molecule has 0 saturated heterocycles. The van der Waals surface area contributed by atoms with Gasteiger partial charge in [0.1, 0.15) is 8.07 Å². The van der Waals surface area contributed by atoms with Crippen LogP contribution in [-0.2, 0) is 21.7 Å². The largest absolute Gasteiger partial charge is 0.120 e. The first kappa shape index (κ1) is 36.8. The third kappa shape index (κ3) is 6.61. The van der Waals surface area contributed by atoms with E-state index in [1.54, 1.807) is 10.4 Å². The molecule has 0 spiro atoms. The third-order valence-corrected chi connectivity index (χ3v) is 16.3. The molecular weight excluding hydrogens is 605 g/mol. The second-order valence-corrected chi connectivity index (χ2v) is 23.0. The summed E-state index contributed by atoms with van der Waals surface area (Å²) in [5, 5.41) is 3.27. The standard InChI is InChI=1S/C48H62Si/c1-15-49(16-2)43(35-27-19-23-31-39(35)47(9,10)11)41(33-25-17-21-29-37(33)45(3,4)5)42(34-26-18-22-30-38(34)46(6,7)8)44(49)36-28-20-24-32-40(36)48(12,13)14/h17-32H,15-16H2,1-14H3. The predicted octanol–water partition coefficient (Wildman–Crippen LogP) is 14.0. The van der Waals surface area contributed by atoms with Crippen molar-refractivity contribution in [2.75, 3.05) is 0 Å². The molecular formula is C48H62Si. The maximum Gasteiger partial charge on any atom is 0.120 e. The van der Waals surface area contributed by atoms with Crippen molar-refractivity contribution in [3.05, 3.63) is 142 Å². The maximum absolute atomic E-state index is 2.50. The van der Waals surface area contributed by atoms with Crippen LogP contribution in [0.15, 0.2) is 97.1 Å². The fourth-order valence-corrected chi connectivity index (χ4v) is 13.7. The van der Waals surface area contributed by atoms with Crippen LogP contribution in [0, 0.1) is 0 Å². The zero-order valence-electron chi connectivity index (χ0n) is 33.2. The van der Waals surface area contributed by atoms with Gasteiger partial charge >= 0.3 is 0 Å². The molecule has 0 aromatic heterocycles. The van der Waals surface area contributed by atoms with E-state index in [9.17, 15) is 0 Å². The van der Waals surface area contributed by atoms with Gasteiger partial charge in [-0.05, 0) is 87.7 Å². The molecule has 1 aliphatic heterocycles. The Hall–Kier alpha value is -3.42. The fraction of sp³-hybridized carbons (Fsp3) is 0.417. The third-order valence-electron chi connectivity index (χ3n) is 10.9. The van der Waals surface area contributed by atoms with Gasteiger partial charge in [0.25, 0.3) is 0 Å². The van der Waals surface area contributed by atoms with E-state index in [1.807, 2.05) is 0 Å². The average molecular weight is 667 g/mol. The van der Waals surface area contributed by atoms with Crippen LogP contribution >= 0.6 is 0 Å². The van der Waals surface area contributed by atoms with E-state index in [4.69, 9.17) is 0 Å². The van der Waals surface area contributed by atoms with E-state index in [0.29, 0.717) is 0 Å². The smallest absolute Gasteiger partial charge is 0.0672 e. The second kappa shape index (κ2) is 13.0. The molecule has 0 amide bonds. The molecule has 0 saturated carbocycles. The summed E-state index contributed by atoms with van der Waals surface area (Å²) in [6, 6.07) is 39.8. The van der Waals surface area contributed by atoms with Crippen molar-refractivity contribution in [2.45, 2.75) is 131 Å². The first-order valence-corrected chi connectivity index (χ1v) is 21.1. The van der Waals surface area contributed by atoms with Gasteiger partial charge < -0.3 is 0 Å². The molecule has 1 heterocycles. The number of allylic oxidation sites excluding steroid dienone is 2. The van der Waals surface area contributed by atoms with Gasteiger partial charge in [-0.15, -0.1) is 0 Å². The van der Waals surface area contributed by atoms with Crippen LogP contribution in [0.4, 0.5) is 0 Å². The highest BCUT2D eigenvalue weighted by Crippen LogP contribution is 2.61. The summed E-state index contributed by atoms with van der Waals surface area (Å²) in [5.74, 6) is 0. The normalized spacial score (nSPS) is 15.7. The molecule has 0 bridgehead atoms. The Morgan fingerprint density at radius 2 is 0.571 bits per heavy atom. The predicted molar refractivity (Wildman–Crippen MR) is 221 cm³/mol. The van der Waals surface area contributed by atoms with Gasteiger partial charge in [0.05, 0.1) is 0 Å². The first-order valence-electron chi connectivity index (χ1n) is 18.7. The Morgan fingerprint density at radius 1 is 0.347 bits per heavy atom. The van der Waals surface area contributed by atoms with Crippen LogP contribution in [0.3, 0.4) is 0 Å². The molecule has 0 radical (unpaired) electrons. The van der Waals surface area contributed by atoms with Crippen LogP contribution in [0.25, 0.3) is 21.5 Å². The molecule has 5 rings (SSSR count). The van der Waals surface area contributed by atoms with Crippen molar-refractivity contribution in [1.82, 2.24) is 0 Å². The molecule has 0 unspecified atom stereocenters. The molecule has 0 aliphatic carbocycles. The molecule has 4 aromatic carbocycles. The number of hydrogen-bond acceptors (Lipinski definition) is 0. The average Bonchev–Trinajstić information content (AvgIpc) is 3.34.